The predicted molar refractivity (Wildman–Crippen MR) is 125 cm³/mol. The van der Waals surface area contributed by atoms with Crippen LogP contribution in [0.15, 0.2) is 36.7 Å². The minimum Gasteiger partial charge on any atom is -0.497 e. The van der Waals surface area contributed by atoms with Gasteiger partial charge in [-0.25, -0.2) is 14.6 Å². The Kier molecular flexibility index (Phi) is 6.88. The summed E-state index contributed by atoms with van der Waals surface area (Å²) in [7, 11) is 3.23. The molecule has 1 fully saturated rings. The lowest BCUT2D eigenvalue weighted by Crippen LogP contribution is -2.40. The van der Waals surface area contributed by atoms with Crippen molar-refractivity contribution in [3.8, 4) is 28.7 Å². The van der Waals surface area contributed by atoms with Crippen LogP contribution in [0, 0.1) is 6.92 Å². The average molecular weight is 451 g/mol. The van der Waals surface area contributed by atoms with Gasteiger partial charge in [0.1, 0.15) is 11.5 Å². The van der Waals surface area contributed by atoms with Crippen molar-refractivity contribution in [1.29, 1.82) is 0 Å². The first-order valence-corrected chi connectivity index (χ1v) is 11.2. The number of nitrogens with one attached hydrogen (secondary N) is 1. The second kappa shape index (κ2) is 9.99. The van der Waals surface area contributed by atoms with Gasteiger partial charge in [0, 0.05) is 24.3 Å². The SMILES string of the molecule is CCN1CCCC1CNC(=O)c1cnn(-c2nccc(-c3cc(OC)ccc3OC)n2)c1C. The molecule has 9 heteroatoms. The Labute approximate surface area is 193 Å². The highest BCUT2D eigenvalue weighted by Gasteiger charge is 2.24. The number of rotatable bonds is 8. The second-order valence-corrected chi connectivity index (χ2v) is 8.00. The summed E-state index contributed by atoms with van der Waals surface area (Å²) in [5.74, 6) is 1.61. The summed E-state index contributed by atoms with van der Waals surface area (Å²) in [6, 6.07) is 7.73. The van der Waals surface area contributed by atoms with Gasteiger partial charge in [0.05, 0.1) is 37.4 Å². The van der Waals surface area contributed by atoms with Crippen LogP contribution in [0.4, 0.5) is 0 Å². The van der Waals surface area contributed by atoms with Crippen molar-refractivity contribution >= 4 is 5.91 Å². The number of aromatic nitrogens is 4. The number of hydrogen-bond acceptors (Lipinski definition) is 7. The minimum absolute atomic E-state index is 0.132. The topological polar surface area (TPSA) is 94.4 Å². The van der Waals surface area contributed by atoms with Crippen LogP contribution in [-0.4, -0.2) is 70.5 Å². The molecule has 1 N–H and O–H groups in total. The molecule has 1 aromatic carbocycles. The van der Waals surface area contributed by atoms with Crippen LogP contribution in [0.25, 0.3) is 17.2 Å². The zero-order chi connectivity index (χ0) is 23.4. The fourth-order valence-corrected chi connectivity index (χ4v) is 4.30. The third-order valence-electron chi connectivity index (χ3n) is 6.17. The summed E-state index contributed by atoms with van der Waals surface area (Å²) in [6.45, 7) is 6.74. The molecule has 1 aliphatic rings. The number of benzene rings is 1. The van der Waals surface area contributed by atoms with Crippen LogP contribution in [0.3, 0.4) is 0 Å². The lowest BCUT2D eigenvalue weighted by atomic mass is 10.1. The molecule has 33 heavy (non-hydrogen) atoms. The number of carbonyl (C=O) groups excluding carboxylic acids is 1. The Balaban J connectivity index is 1.56. The zero-order valence-corrected chi connectivity index (χ0v) is 19.5. The fourth-order valence-electron chi connectivity index (χ4n) is 4.30. The van der Waals surface area contributed by atoms with Gasteiger partial charge < -0.3 is 14.8 Å². The second-order valence-electron chi connectivity index (χ2n) is 8.00. The van der Waals surface area contributed by atoms with E-state index in [1.807, 2.05) is 25.1 Å². The summed E-state index contributed by atoms with van der Waals surface area (Å²) < 4.78 is 12.4. The van der Waals surface area contributed by atoms with E-state index in [0.29, 0.717) is 47.0 Å². The first kappa shape index (κ1) is 22.7. The van der Waals surface area contributed by atoms with Crippen molar-refractivity contribution in [2.75, 3.05) is 33.9 Å². The Morgan fingerprint density at radius 2 is 2.09 bits per heavy atom. The molecule has 1 unspecified atom stereocenters. The third kappa shape index (κ3) is 4.68. The third-order valence-corrected chi connectivity index (χ3v) is 6.17. The monoisotopic (exact) mass is 450 g/mol. The fraction of sp³-hybridized carbons (Fsp3) is 0.417. The molecule has 1 aliphatic heterocycles. The Morgan fingerprint density at radius 3 is 2.85 bits per heavy atom. The van der Waals surface area contributed by atoms with Gasteiger partial charge in [0.15, 0.2) is 0 Å². The van der Waals surface area contributed by atoms with E-state index in [-0.39, 0.29) is 5.91 Å². The highest BCUT2D eigenvalue weighted by atomic mass is 16.5. The number of methoxy groups -OCH3 is 2. The number of ether oxygens (including phenoxy) is 2. The van der Waals surface area contributed by atoms with Gasteiger partial charge in [-0.05, 0) is 57.1 Å². The predicted octanol–water partition coefficient (Wildman–Crippen LogP) is 2.87. The van der Waals surface area contributed by atoms with Crippen LogP contribution >= 0.6 is 0 Å². The summed E-state index contributed by atoms with van der Waals surface area (Å²) in [6.07, 6.45) is 5.52. The lowest BCUT2D eigenvalue weighted by molar-refractivity contribution is 0.0940. The molecule has 0 aliphatic carbocycles. The smallest absolute Gasteiger partial charge is 0.254 e. The van der Waals surface area contributed by atoms with Crippen LogP contribution < -0.4 is 14.8 Å². The van der Waals surface area contributed by atoms with E-state index < -0.39 is 0 Å². The first-order valence-electron chi connectivity index (χ1n) is 11.2. The Bertz CT molecular complexity index is 1130. The molecule has 1 saturated heterocycles. The van der Waals surface area contributed by atoms with Gasteiger partial charge in [-0.1, -0.05) is 6.92 Å². The molecule has 0 bridgehead atoms. The molecular formula is C24H30N6O3. The molecule has 2 aromatic heterocycles. The summed E-state index contributed by atoms with van der Waals surface area (Å²) in [5, 5.41) is 7.46. The normalized spacial score (nSPS) is 16.1. The largest absolute Gasteiger partial charge is 0.497 e. The molecule has 9 nitrogen and oxygen atoms in total. The maximum Gasteiger partial charge on any atom is 0.254 e. The molecule has 0 saturated carbocycles. The summed E-state index contributed by atoms with van der Waals surface area (Å²) >= 11 is 0. The van der Waals surface area contributed by atoms with E-state index in [0.717, 1.165) is 25.1 Å². The van der Waals surface area contributed by atoms with Gasteiger partial charge in [0.25, 0.3) is 11.9 Å². The molecular weight excluding hydrogens is 420 g/mol. The van der Waals surface area contributed by atoms with Crippen molar-refractivity contribution in [2.24, 2.45) is 0 Å². The lowest BCUT2D eigenvalue weighted by Gasteiger charge is -2.22. The van der Waals surface area contributed by atoms with Crippen molar-refractivity contribution in [3.05, 3.63) is 47.9 Å². The minimum atomic E-state index is -0.132. The quantitative estimate of drug-likeness (QED) is 0.564. The maximum atomic E-state index is 12.9. The van der Waals surface area contributed by atoms with E-state index in [2.05, 4.69) is 32.2 Å². The number of hydrogen-bond donors (Lipinski definition) is 1. The van der Waals surface area contributed by atoms with Gasteiger partial charge >= 0.3 is 0 Å². The molecule has 1 amide bonds. The van der Waals surface area contributed by atoms with Gasteiger partial charge in [-0.15, -0.1) is 0 Å². The Morgan fingerprint density at radius 1 is 1.24 bits per heavy atom. The van der Waals surface area contributed by atoms with Crippen LogP contribution in [-0.2, 0) is 0 Å². The van der Waals surface area contributed by atoms with Gasteiger partial charge in [-0.2, -0.15) is 5.10 Å². The molecule has 0 radical (unpaired) electrons. The highest BCUT2D eigenvalue weighted by Crippen LogP contribution is 2.32. The number of carbonyl (C=O) groups is 1. The van der Waals surface area contributed by atoms with E-state index in [1.54, 1.807) is 37.4 Å². The van der Waals surface area contributed by atoms with Crippen LogP contribution in [0.5, 0.6) is 11.5 Å². The number of amides is 1. The van der Waals surface area contributed by atoms with Crippen molar-refractivity contribution in [3.63, 3.8) is 0 Å². The van der Waals surface area contributed by atoms with Crippen molar-refractivity contribution in [2.45, 2.75) is 32.7 Å². The molecule has 4 rings (SSSR count). The Hall–Kier alpha value is -3.46. The van der Waals surface area contributed by atoms with Crippen LogP contribution in [0.2, 0.25) is 0 Å². The zero-order valence-electron chi connectivity index (χ0n) is 19.5. The van der Waals surface area contributed by atoms with Crippen molar-refractivity contribution in [1.82, 2.24) is 30.0 Å². The first-order chi connectivity index (χ1) is 16.0. The average Bonchev–Trinajstić information content (AvgIpc) is 3.48. The maximum absolute atomic E-state index is 12.9. The number of likely N-dealkylation sites (N-methyl/N-ethyl adjacent to an activating group) is 1. The summed E-state index contributed by atoms with van der Waals surface area (Å²) in [4.78, 5) is 24.3. The van der Waals surface area contributed by atoms with E-state index in [9.17, 15) is 4.79 Å². The molecule has 174 valence electrons. The number of nitrogens with zero attached hydrogens (tertiary/aromatic N) is 5. The van der Waals surface area contributed by atoms with Crippen LogP contribution in [0.1, 0.15) is 35.8 Å². The molecule has 3 aromatic rings. The van der Waals surface area contributed by atoms with E-state index in [1.165, 1.54) is 6.42 Å². The molecule has 1 atom stereocenters. The molecule has 0 spiro atoms. The van der Waals surface area contributed by atoms with Gasteiger partial charge in [-0.3, -0.25) is 9.69 Å². The summed E-state index contributed by atoms with van der Waals surface area (Å²) in [5.41, 5.74) is 2.64. The van der Waals surface area contributed by atoms with E-state index >= 15 is 0 Å². The van der Waals surface area contributed by atoms with E-state index in [4.69, 9.17) is 9.47 Å². The van der Waals surface area contributed by atoms with Crippen molar-refractivity contribution < 1.29 is 14.3 Å². The highest BCUT2D eigenvalue weighted by molar-refractivity contribution is 5.95. The van der Waals surface area contributed by atoms with Gasteiger partial charge in [0.2, 0.25) is 0 Å². The standard InChI is InChI=1S/C24H30N6O3/c1-5-29-12-6-7-17(29)14-26-23(31)20-15-27-30(16(20)2)24-25-11-10-21(28-24)19-13-18(32-3)8-9-22(19)33-4/h8-11,13,15,17H,5-7,12,14H2,1-4H3,(H,26,31). The molecule has 3 heterocycles. The number of likely N-dealkylation sites (tertiary alicyclic amines) is 1.